The monoisotopic (exact) mass is 383 g/mol. The number of amides is 1. The van der Waals surface area contributed by atoms with Gasteiger partial charge in [-0.05, 0) is 61.6 Å². The van der Waals surface area contributed by atoms with Crippen LogP contribution in [0.3, 0.4) is 0 Å². The summed E-state index contributed by atoms with van der Waals surface area (Å²) in [5.74, 6) is -0.120. The number of carbonyl (C=O) groups is 1. The van der Waals surface area contributed by atoms with Crippen molar-refractivity contribution in [2.75, 3.05) is 6.54 Å². The van der Waals surface area contributed by atoms with Crippen LogP contribution in [0.1, 0.15) is 43.1 Å². The van der Waals surface area contributed by atoms with Gasteiger partial charge in [0.25, 0.3) is 0 Å². The van der Waals surface area contributed by atoms with E-state index in [1.165, 1.54) is 6.07 Å². The highest BCUT2D eigenvalue weighted by Crippen LogP contribution is 2.32. The molecule has 2 aromatic carbocycles. The van der Waals surface area contributed by atoms with E-state index in [4.69, 9.17) is 4.98 Å². The summed E-state index contributed by atoms with van der Waals surface area (Å²) >= 11 is 0. The van der Waals surface area contributed by atoms with Gasteiger partial charge in [0.1, 0.15) is 17.5 Å². The Morgan fingerprint density at radius 3 is 2.82 bits per heavy atom. The topological polar surface area (TPSA) is 38.1 Å². The zero-order valence-electron chi connectivity index (χ0n) is 15.9. The van der Waals surface area contributed by atoms with E-state index in [-0.39, 0.29) is 30.4 Å². The molecule has 1 aliphatic heterocycles. The number of likely N-dealkylation sites (tertiary alicyclic amines) is 1. The second kappa shape index (κ2) is 7.70. The van der Waals surface area contributed by atoms with Crippen molar-refractivity contribution in [3.8, 4) is 0 Å². The molecule has 1 aliphatic rings. The van der Waals surface area contributed by atoms with E-state index in [9.17, 15) is 13.6 Å². The Morgan fingerprint density at radius 2 is 2.00 bits per heavy atom. The van der Waals surface area contributed by atoms with Gasteiger partial charge in [0, 0.05) is 20.0 Å². The van der Waals surface area contributed by atoms with Gasteiger partial charge in [-0.15, -0.1) is 0 Å². The van der Waals surface area contributed by atoms with Crippen LogP contribution >= 0.6 is 0 Å². The van der Waals surface area contributed by atoms with Crippen molar-refractivity contribution in [3.63, 3.8) is 0 Å². The van der Waals surface area contributed by atoms with E-state index in [2.05, 4.69) is 4.57 Å². The molecule has 0 bridgehead atoms. The number of imidazole rings is 1. The maximum Gasteiger partial charge on any atom is 0.223 e. The Balaban J connectivity index is 1.55. The van der Waals surface area contributed by atoms with Gasteiger partial charge in [0.15, 0.2) is 0 Å². The minimum atomic E-state index is -0.487. The second-order valence-corrected chi connectivity index (χ2v) is 7.35. The fourth-order valence-electron chi connectivity index (χ4n) is 4.08. The molecule has 1 saturated heterocycles. The number of halogens is 2. The van der Waals surface area contributed by atoms with Gasteiger partial charge < -0.3 is 9.47 Å². The summed E-state index contributed by atoms with van der Waals surface area (Å²) in [4.78, 5) is 19.6. The van der Waals surface area contributed by atoms with Gasteiger partial charge in [0.2, 0.25) is 5.91 Å². The zero-order chi connectivity index (χ0) is 19.7. The first kappa shape index (κ1) is 18.6. The molecule has 2 heterocycles. The number of rotatable bonds is 4. The Kier molecular flexibility index (Phi) is 5.11. The number of nitrogens with zero attached hydrogens (tertiary/aromatic N) is 3. The lowest BCUT2D eigenvalue weighted by molar-refractivity contribution is -0.135. The molecule has 0 N–H and O–H groups in total. The number of fused-ring (bicyclic) bond motifs is 1. The molecule has 0 unspecified atom stereocenters. The number of aryl methyl sites for hydroxylation is 2. The predicted octanol–water partition coefficient (Wildman–Crippen LogP) is 4.54. The lowest BCUT2D eigenvalue weighted by Crippen LogP contribution is -2.39. The minimum Gasteiger partial charge on any atom is -0.333 e. The molecule has 0 spiro atoms. The fraction of sp³-hybridized carbons (Fsp3) is 0.364. The molecule has 1 fully saturated rings. The normalized spacial score (nSPS) is 17.2. The molecule has 4 nitrogen and oxygen atoms in total. The fourth-order valence-corrected chi connectivity index (χ4v) is 4.08. The first-order valence-electron chi connectivity index (χ1n) is 9.69. The standard InChI is InChI=1S/C22H23F2N3O/c1-26-19-7-3-2-6-18(19)25-22(26)20-8-4-5-13-27(20)21(28)12-9-15-14-16(23)10-11-17(15)24/h2-3,6-7,10-11,14,20H,4-5,8-9,12-13H2,1H3/t20-/m1/s1. The van der Waals surface area contributed by atoms with Gasteiger partial charge in [-0.3, -0.25) is 4.79 Å². The van der Waals surface area contributed by atoms with Crippen LogP contribution in [0.5, 0.6) is 0 Å². The number of piperidine rings is 1. The summed E-state index contributed by atoms with van der Waals surface area (Å²) < 4.78 is 29.3. The van der Waals surface area contributed by atoms with Crippen molar-refractivity contribution in [1.82, 2.24) is 14.5 Å². The van der Waals surface area contributed by atoms with E-state index < -0.39 is 11.6 Å². The van der Waals surface area contributed by atoms with Crippen LogP contribution in [-0.4, -0.2) is 26.9 Å². The predicted molar refractivity (Wildman–Crippen MR) is 104 cm³/mol. The summed E-state index contributed by atoms with van der Waals surface area (Å²) in [5, 5.41) is 0. The zero-order valence-corrected chi connectivity index (χ0v) is 15.9. The molecule has 0 saturated carbocycles. The van der Waals surface area contributed by atoms with Gasteiger partial charge in [0.05, 0.1) is 17.1 Å². The quantitative estimate of drug-likeness (QED) is 0.664. The molecular formula is C22H23F2N3O. The summed E-state index contributed by atoms with van der Waals surface area (Å²) in [7, 11) is 1.98. The first-order valence-corrected chi connectivity index (χ1v) is 9.69. The van der Waals surface area contributed by atoms with Gasteiger partial charge in [-0.25, -0.2) is 13.8 Å². The number of carbonyl (C=O) groups excluding carboxylic acids is 1. The third kappa shape index (κ3) is 3.51. The molecular weight excluding hydrogens is 360 g/mol. The Bertz CT molecular complexity index is 1010. The summed E-state index contributed by atoms with van der Waals surface area (Å²) in [6.07, 6.45) is 3.18. The lowest BCUT2D eigenvalue weighted by Gasteiger charge is -2.35. The molecule has 0 radical (unpaired) electrons. The molecule has 1 atom stereocenters. The molecule has 28 heavy (non-hydrogen) atoms. The van der Waals surface area contributed by atoms with Gasteiger partial charge in [-0.2, -0.15) is 0 Å². The number of para-hydroxylation sites is 2. The summed E-state index contributed by atoms with van der Waals surface area (Å²) in [6.45, 7) is 0.665. The van der Waals surface area contributed by atoms with E-state index in [1.807, 2.05) is 36.2 Å². The van der Waals surface area contributed by atoms with Crippen LogP contribution in [0.4, 0.5) is 8.78 Å². The van der Waals surface area contributed by atoms with Crippen LogP contribution in [0, 0.1) is 11.6 Å². The Morgan fingerprint density at radius 1 is 1.18 bits per heavy atom. The Hall–Kier alpha value is -2.76. The number of hydrogen-bond donors (Lipinski definition) is 0. The third-order valence-electron chi connectivity index (χ3n) is 5.56. The van der Waals surface area contributed by atoms with Crippen molar-refractivity contribution >= 4 is 16.9 Å². The number of hydrogen-bond acceptors (Lipinski definition) is 2. The van der Waals surface area contributed by atoms with Crippen molar-refractivity contribution in [1.29, 1.82) is 0 Å². The summed E-state index contributed by atoms with van der Waals surface area (Å²) in [6, 6.07) is 11.2. The maximum atomic E-state index is 13.9. The van der Waals surface area contributed by atoms with Crippen molar-refractivity contribution < 1.29 is 13.6 Å². The van der Waals surface area contributed by atoms with E-state index in [0.29, 0.717) is 6.54 Å². The van der Waals surface area contributed by atoms with Crippen molar-refractivity contribution in [2.45, 2.75) is 38.1 Å². The largest absolute Gasteiger partial charge is 0.333 e. The van der Waals surface area contributed by atoms with Crippen LogP contribution in [0.2, 0.25) is 0 Å². The lowest BCUT2D eigenvalue weighted by atomic mass is 10.00. The van der Waals surface area contributed by atoms with Crippen LogP contribution in [-0.2, 0) is 18.3 Å². The van der Waals surface area contributed by atoms with Crippen molar-refractivity contribution in [2.24, 2.45) is 7.05 Å². The third-order valence-corrected chi connectivity index (χ3v) is 5.56. The maximum absolute atomic E-state index is 13.9. The molecule has 1 aromatic heterocycles. The second-order valence-electron chi connectivity index (χ2n) is 7.35. The van der Waals surface area contributed by atoms with Gasteiger partial charge >= 0.3 is 0 Å². The van der Waals surface area contributed by atoms with Crippen LogP contribution in [0.25, 0.3) is 11.0 Å². The summed E-state index contributed by atoms with van der Waals surface area (Å²) in [5.41, 5.74) is 2.20. The molecule has 6 heteroatoms. The molecule has 0 aliphatic carbocycles. The SMILES string of the molecule is Cn1c([C@H]2CCCCN2C(=O)CCc2cc(F)ccc2F)nc2ccccc21. The van der Waals surface area contributed by atoms with Gasteiger partial charge in [-0.1, -0.05) is 12.1 Å². The molecule has 1 amide bonds. The average Bonchev–Trinajstić information content (AvgIpc) is 3.05. The number of aromatic nitrogens is 2. The van der Waals surface area contributed by atoms with E-state index >= 15 is 0 Å². The molecule has 3 aromatic rings. The van der Waals surface area contributed by atoms with E-state index in [1.54, 1.807) is 0 Å². The molecule has 146 valence electrons. The highest BCUT2D eigenvalue weighted by molar-refractivity contribution is 5.78. The highest BCUT2D eigenvalue weighted by atomic mass is 19.1. The molecule has 4 rings (SSSR count). The van der Waals surface area contributed by atoms with E-state index in [0.717, 1.165) is 48.3 Å². The number of benzene rings is 2. The highest BCUT2D eigenvalue weighted by Gasteiger charge is 2.31. The smallest absolute Gasteiger partial charge is 0.223 e. The van der Waals surface area contributed by atoms with Crippen molar-refractivity contribution in [3.05, 3.63) is 65.5 Å². The van der Waals surface area contributed by atoms with Crippen LogP contribution in [0.15, 0.2) is 42.5 Å². The first-order chi connectivity index (χ1) is 13.5. The minimum absolute atomic E-state index is 0.0413. The average molecular weight is 383 g/mol. The Labute approximate surface area is 162 Å². The van der Waals surface area contributed by atoms with Crippen LogP contribution < -0.4 is 0 Å².